The Bertz CT molecular complexity index is 696. The normalized spacial score (nSPS) is 11.7. The lowest BCUT2D eigenvalue weighted by Gasteiger charge is -2.21. The Morgan fingerprint density at radius 2 is 1.92 bits per heavy atom. The van der Waals surface area contributed by atoms with Gasteiger partial charge in [-0.15, -0.1) is 0 Å². The van der Waals surface area contributed by atoms with Gasteiger partial charge in [-0.1, -0.05) is 56.2 Å². The molecule has 1 atom stereocenters. The van der Waals surface area contributed by atoms with E-state index in [1.807, 2.05) is 24.3 Å². The lowest BCUT2D eigenvalue weighted by atomic mass is 9.97. The minimum atomic E-state index is 0.355. The molecule has 132 valence electrons. The van der Waals surface area contributed by atoms with E-state index in [-0.39, 0.29) is 0 Å². The number of nitriles is 1. The second-order valence-corrected chi connectivity index (χ2v) is 6.82. The number of nitrogens with one attached hydrogen (secondary N) is 1. The fraction of sp³-hybridized carbons (Fsp3) is 0.381. The Balaban J connectivity index is 1.91. The molecule has 0 heterocycles. The van der Waals surface area contributed by atoms with Crippen LogP contribution in [0.25, 0.3) is 0 Å². The molecule has 0 amide bonds. The predicted octanol–water partition coefficient (Wildman–Crippen LogP) is 5.47. The van der Waals surface area contributed by atoms with Crippen LogP contribution in [0.4, 0.5) is 0 Å². The molecule has 0 fully saturated rings. The van der Waals surface area contributed by atoms with Gasteiger partial charge < -0.3 is 10.1 Å². The molecule has 0 radical (unpaired) electrons. The van der Waals surface area contributed by atoms with Gasteiger partial charge in [0.15, 0.2) is 0 Å². The van der Waals surface area contributed by atoms with Gasteiger partial charge >= 0.3 is 0 Å². The van der Waals surface area contributed by atoms with Crippen molar-refractivity contribution in [2.24, 2.45) is 0 Å². The second-order valence-electron chi connectivity index (χ2n) is 5.99. The van der Waals surface area contributed by atoms with Crippen molar-refractivity contribution in [1.29, 1.82) is 5.26 Å². The van der Waals surface area contributed by atoms with Gasteiger partial charge in [-0.25, -0.2) is 0 Å². The summed E-state index contributed by atoms with van der Waals surface area (Å²) < 4.78 is 5.88. The first-order valence-electron chi connectivity index (χ1n) is 8.83. The molecule has 0 saturated carbocycles. The lowest BCUT2D eigenvalue weighted by Crippen LogP contribution is -2.27. The van der Waals surface area contributed by atoms with E-state index in [1.165, 1.54) is 24.0 Å². The van der Waals surface area contributed by atoms with Gasteiger partial charge in [0.1, 0.15) is 17.8 Å². The summed E-state index contributed by atoms with van der Waals surface area (Å²) in [6, 6.07) is 16.6. The quantitative estimate of drug-likeness (QED) is 0.349. The SMILES string of the molecule is CCCCC(NCCOc1ccccc1SC#N)c1ccccc1C. The number of ether oxygens (including phenoxy) is 1. The first-order chi connectivity index (χ1) is 12.3. The highest BCUT2D eigenvalue weighted by Crippen LogP contribution is 2.28. The van der Waals surface area contributed by atoms with Gasteiger partial charge in [0.2, 0.25) is 0 Å². The van der Waals surface area contributed by atoms with Crippen molar-refractivity contribution in [2.75, 3.05) is 13.2 Å². The maximum absolute atomic E-state index is 8.87. The van der Waals surface area contributed by atoms with Crippen LogP contribution in [0.5, 0.6) is 5.75 Å². The number of nitrogens with zero attached hydrogens (tertiary/aromatic N) is 1. The van der Waals surface area contributed by atoms with E-state index in [0.717, 1.165) is 35.4 Å². The zero-order valence-electron chi connectivity index (χ0n) is 15.0. The monoisotopic (exact) mass is 354 g/mol. The molecule has 0 saturated heterocycles. The first-order valence-corrected chi connectivity index (χ1v) is 9.64. The minimum Gasteiger partial charge on any atom is -0.491 e. The predicted molar refractivity (Wildman–Crippen MR) is 105 cm³/mol. The number of hydrogen-bond donors (Lipinski definition) is 1. The van der Waals surface area contributed by atoms with Crippen molar-refractivity contribution in [1.82, 2.24) is 5.32 Å². The van der Waals surface area contributed by atoms with Gasteiger partial charge in [0, 0.05) is 12.6 Å². The van der Waals surface area contributed by atoms with Gasteiger partial charge in [-0.3, -0.25) is 0 Å². The van der Waals surface area contributed by atoms with Crippen LogP contribution in [0.3, 0.4) is 0 Å². The van der Waals surface area contributed by atoms with E-state index in [1.54, 1.807) is 0 Å². The lowest BCUT2D eigenvalue weighted by molar-refractivity contribution is 0.296. The number of rotatable bonds is 10. The molecule has 0 aliphatic heterocycles. The van der Waals surface area contributed by atoms with Crippen molar-refractivity contribution < 1.29 is 4.74 Å². The molecule has 3 nitrogen and oxygen atoms in total. The third-order valence-corrected chi connectivity index (χ3v) is 4.81. The number of thioether (sulfide) groups is 1. The van der Waals surface area contributed by atoms with E-state index in [4.69, 9.17) is 10.00 Å². The Labute approximate surface area is 155 Å². The number of thiocyanates is 1. The number of benzene rings is 2. The van der Waals surface area contributed by atoms with Crippen LogP contribution in [0.1, 0.15) is 43.4 Å². The van der Waals surface area contributed by atoms with E-state index in [0.29, 0.717) is 12.6 Å². The summed E-state index contributed by atoms with van der Waals surface area (Å²) in [5.41, 5.74) is 2.70. The van der Waals surface area contributed by atoms with E-state index >= 15 is 0 Å². The summed E-state index contributed by atoms with van der Waals surface area (Å²) in [5.74, 6) is 0.775. The highest BCUT2D eigenvalue weighted by atomic mass is 32.2. The minimum absolute atomic E-state index is 0.355. The molecular weight excluding hydrogens is 328 g/mol. The molecule has 0 aliphatic carbocycles. The molecule has 2 aromatic rings. The van der Waals surface area contributed by atoms with Gasteiger partial charge in [-0.05, 0) is 48.4 Å². The maximum atomic E-state index is 8.87. The van der Waals surface area contributed by atoms with E-state index in [9.17, 15) is 0 Å². The molecule has 1 unspecified atom stereocenters. The summed E-state index contributed by atoms with van der Waals surface area (Å²) in [6.07, 6.45) is 3.52. The molecule has 2 rings (SSSR count). The topological polar surface area (TPSA) is 45.0 Å². The summed E-state index contributed by atoms with van der Waals surface area (Å²) in [7, 11) is 0. The fourth-order valence-corrected chi connectivity index (χ4v) is 3.32. The van der Waals surface area contributed by atoms with Crippen LogP contribution in [-0.4, -0.2) is 13.2 Å². The van der Waals surface area contributed by atoms with Crippen LogP contribution < -0.4 is 10.1 Å². The second kappa shape index (κ2) is 10.8. The van der Waals surface area contributed by atoms with Crippen LogP contribution in [0.15, 0.2) is 53.4 Å². The number of para-hydroxylation sites is 1. The summed E-state index contributed by atoms with van der Waals surface area (Å²) in [4.78, 5) is 0.867. The van der Waals surface area contributed by atoms with Crippen molar-refractivity contribution in [3.05, 3.63) is 59.7 Å². The van der Waals surface area contributed by atoms with Gasteiger partial charge in [0.25, 0.3) is 0 Å². The van der Waals surface area contributed by atoms with Crippen LogP contribution in [-0.2, 0) is 0 Å². The van der Waals surface area contributed by atoms with Gasteiger partial charge in [0.05, 0.1) is 4.90 Å². The average molecular weight is 355 g/mol. The Morgan fingerprint density at radius 3 is 2.68 bits per heavy atom. The average Bonchev–Trinajstić information content (AvgIpc) is 2.63. The first kappa shape index (κ1) is 19.4. The smallest absolute Gasteiger partial charge is 0.138 e. The molecule has 0 aromatic heterocycles. The molecule has 2 aromatic carbocycles. The van der Waals surface area contributed by atoms with Gasteiger partial charge in [-0.2, -0.15) is 5.26 Å². The Morgan fingerprint density at radius 1 is 1.16 bits per heavy atom. The molecular formula is C21H26N2OS. The molecule has 0 bridgehead atoms. The zero-order valence-corrected chi connectivity index (χ0v) is 15.8. The molecule has 0 aliphatic rings. The number of hydrogen-bond acceptors (Lipinski definition) is 4. The third-order valence-electron chi connectivity index (χ3n) is 4.17. The molecule has 1 N–H and O–H groups in total. The Kier molecular flexibility index (Phi) is 8.38. The van der Waals surface area contributed by atoms with Crippen molar-refractivity contribution in [2.45, 2.75) is 44.0 Å². The van der Waals surface area contributed by atoms with Crippen molar-refractivity contribution in [3.63, 3.8) is 0 Å². The standard InChI is InChI=1S/C21H26N2OS/c1-3-4-11-19(18-10-6-5-9-17(18)2)23-14-15-24-20-12-7-8-13-21(20)25-16-22/h5-10,12-13,19,23H,3-4,11,14-15H2,1-2H3. The summed E-state index contributed by atoms with van der Waals surface area (Å²) in [5, 5.41) is 14.6. The van der Waals surface area contributed by atoms with E-state index < -0.39 is 0 Å². The van der Waals surface area contributed by atoms with E-state index in [2.05, 4.69) is 48.8 Å². The molecule has 4 heteroatoms. The maximum Gasteiger partial charge on any atom is 0.138 e. The van der Waals surface area contributed by atoms with Crippen LogP contribution in [0, 0.1) is 17.6 Å². The van der Waals surface area contributed by atoms with Crippen LogP contribution >= 0.6 is 11.8 Å². The number of aryl methyl sites for hydroxylation is 1. The number of unbranched alkanes of at least 4 members (excludes halogenated alkanes) is 1. The fourth-order valence-electron chi connectivity index (χ4n) is 2.85. The van der Waals surface area contributed by atoms with Crippen LogP contribution in [0.2, 0.25) is 0 Å². The van der Waals surface area contributed by atoms with Crippen molar-refractivity contribution >= 4 is 11.8 Å². The summed E-state index contributed by atoms with van der Waals surface area (Å²) in [6.45, 7) is 5.75. The molecule has 0 spiro atoms. The Hall–Kier alpha value is -1.96. The zero-order chi connectivity index (χ0) is 17.9. The summed E-state index contributed by atoms with van der Waals surface area (Å²) >= 11 is 1.14. The van der Waals surface area contributed by atoms with Crippen molar-refractivity contribution in [3.8, 4) is 11.2 Å². The third kappa shape index (κ3) is 6.12. The highest BCUT2D eigenvalue weighted by Gasteiger charge is 2.12. The molecule has 25 heavy (non-hydrogen) atoms. The largest absolute Gasteiger partial charge is 0.491 e. The highest BCUT2D eigenvalue weighted by molar-refractivity contribution is 8.03.